The predicted octanol–water partition coefficient (Wildman–Crippen LogP) is 4.88. The number of nitrogens with zero attached hydrogens (tertiary/aromatic N) is 1. The van der Waals surface area contributed by atoms with Gasteiger partial charge in [-0.25, -0.2) is 4.98 Å². The van der Waals surface area contributed by atoms with Crippen molar-refractivity contribution < 1.29 is 0 Å². The van der Waals surface area contributed by atoms with Gasteiger partial charge in [0.15, 0.2) is 0 Å². The molecule has 3 aromatic carbocycles. The van der Waals surface area contributed by atoms with E-state index in [0.717, 1.165) is 39.1 Å². The monoisotopic (exact) mass is 317 g/mol. The minimum Gasteiger partial charge on any atom is -0.248 e. The van der Waals surface area contributed by atoms with E-state index in [-0.39, 0.29) is 0 Å². The van der Waals surface area contributed by atoms with Crippen molar-refractivity contribution in [1.29, 1.82) is 0 Å². The fraction of sp³-hybridized carbons (Fsp3) is 0. The molecule has 0 aliphatic rings. The molecule has 0 saturated carbocycles. The Morgan fingerprint density at radius 2 is 0.960 bits per heavy atom. The van der Waals surface area contributed by atoms with Gasteiger partial charge in [0.1, 0.15) is 7.85 Å². The smallest absolute Gasteiger partial charge is 0.113 e. The molecule has 0 unspecified atom stereocenters. The van der Waals surface area contributed by atoms with Gasteiger partial charge in [-0.15, -0.1) is 0 Å². The summed E-state index contributed by atoms with van der Waals surface area (Å²) in [6.45, 7) is 0. The Hall–Kier alpha value is -3.13. The number of hydrogen-bond acceptors (Lipinski definition) is 1. The van der Waals surface area contributed by atoms with Gasteiger partial charge in [-0.3, -0.25) is 0 Å². The summed E-state index contributed by atoms with van der Waals surface area (Å²) in [5.74, 6) is 0. The van der Waals surface area contributed by atoms with Crippen molar-refractivity contribution in [2.24, 2.45) is 0 Å². The first-order valence-electron chi connectivity index (χ1n) is 8.28. The maximum Gasteiger partial charge on any atom is 0.113 e. The lowest BCUT2D eigenvalue weighted by Crippen LogP contribution is -1.99. The predicted molar refractivity (Wildman–Crippen MR) is 106 cm³/mol. The van der Waals surface area contributed by atoms with Crippen molar-refractivity contribution in [2.45, 2.75) is 0 Å². The minimum atomic E-state index is 0.768. The molecule has 1 nitrogen and oxygen atoms in total. The van der Waals surface area contributed by atoms with Crippen LogP contribution in [0.15, 0.2) is 97.1 Å². The fourth-order valence-electron chi connectivity index (χ4n) is 2.89. The van der Waals surface area contributed by atoms with Gasteiger partial charge in [0.2, 0.25) is 0 Å². The van der Waals surface area contributed by atoms with Gasteiger partial charge >= 0.3 is 0 Å². The highest BCUT2D eigenvalue weighted by Crippen LogP contribution is 2.29. The van der Waals surface area contributed by atoms with Gasteiger partial charge in [-0.05, 0) is 23.3 Å². The molecule has 0 aliphatic carbocycles. The number of aromatic nitrogens is 1. The zero-order valence-corrected chi connectivity index (χ0v) is 13.8. The highest BCUT2D eigenvalue weighted by molar-refractivity contribution is 6.32. The summed E-state index contributed by atoms with van der Waals surface area (Å²) >= 11 is 0. The summed E-state index contributed by atoms with van der Waals surface area (Å²) in [4.78, 5) is 4.89. The second-order valence-electron chi connectivity index (χ2n) is 5.98. The van der Waals surface area contributed by atoms with Crippen LogP contribution < -0.4 is 5.46 Å². The van der Waals surface area contributed by atoms with Crippen molar-refractivity contribution in [1.82, 2.24) is 4.98 Å². The van der Waals surface area contributed by atoms with E-state index in [1.54, 1.807) is 0 Å². The lowest BCUT2D eigenvalue weighted by molar-refractivity contribution is 1.32. The molecule has 4 aromatic rings. The summed E-state index contributed by atoms with van der Waals surface area (Å²) in [5, 5.41) is 0. The highest BCUT2D eigenvalue weighted by Gasteiger charge is 2.08. The number of pyridine rings is 1. The third-order valence-electron chi connectivity index (χ3n) is 4.21. The molecule has 0 saturated heterocycles. The summed E-state index contributed by atoms with van der Waals surface area (Å²) < 4.78 is 0. The van der Waals surface area contributed by atoms with E-state index < -0.39 is 0 Å². The van der Waals surface area contributed by atoms with Gasteiger partial charge in [0, 0.05) is 11.1 Å². The number of rotatable bonds is 3. The molecule has 0 spiro atoms. The third kappa shape index (κ3) is 3.38. The average molecular weight is 317 g/mol. The van der Waals surface area contributed by atoms with Crippen molar-refractivity contribution in [3.8, 4) is 33.6 Å². The van der Waals surface area contributed by atoms with Crippen molar-refractivity contribution in [2.75, 3.05) is 0 Å². The lowest BCUT2D eigenvalue weighted by atomic mass is 9.93. The van der Waals surface area contributed by atoms with Crippen molar-refractivity contribution >= 4 is 13.3 Å². The Labute approximate surface area is 149 Å². The molecule has 0 bridgehead atoms. The maximum absolute atomic E-state index is 5.83. The molecule has 116 valence electrons. The number of benzene rings is 3. The summed E-state index contributed by atoms with van der Waals surface area (Å²) in [5.41, 5.74) is 7.18. The molecule has 1 heterocycles. The topological polar surface area (TPSA) is 12.9 Å². The van der Waals surface area contributed by atoms with Crippen LogP contribution >= 0.6 is 0 Å². The average Bonchev–Trinajstić information content (AvgIpc) is 2.69. The van der Waals surface area contributed by atoms with Gasteiger partial charge in [0.05, 0.1) is 11.4 Å². The highest BCUT2D eigenvalue weighted by atomic mass is 14.7. The Kier molecular flexibility index (Phi) is 4.18. The zero-order chi connectivity index (χ0) is 17.1. The second kappa shape index (κ2) is 6.78. The minimum absolute atomic E-state index is 0.768. The van der Waals surface area contributed by atoms with Gasteiger partial charge < -0.3 is 0 Å². The lowest BCUT2D eigenvalue weighted by Gasteiger charge is -2.10. The zero-order valence-electron chi connectivity index (χ0n) is 13.8. The van der Waals surface area contributed by atoms with E-state index in [4.69, 9.17) is 12.8 Å². The van der Waals surface area contributed by atoms with Gasteiger partial charge in [-0.1, -0.05) is 90.4 Å². The van der Waals surface area contributed by atoms with E-state index in [2.05, 4.69) is 36.4 Å². The van der Waals surface area contributed by atoms with E-state index in [1.165, 1.54) is 0 Å². The van der Waals surface area contributed by atoms with Crippen LogP contribution in [-0.2, 0) is 0 Å². The Balaban J connectivity index is 1.90. The first-order valence-corrected chi connectivity index (χ1v) is 8.28. The van der Waals surface area contributed by atoms with E-state index in [1.807, 2.05) is 60.7 Å². The summed E-state index contributed by atoms with van der Waals surface area (Å²) in [6, 6.07) is 32.8. The van der Waals surface area contributed by atoms with E-state index in [0.29, 0.717) is 0 Å². The maximum atomic E-state index is 5.83. The number of hydrogen-bond donors (Lipinski definition) is 0. The fourth-order valence-corrected chi connectivity index (χ4v) is 2.89. The third-order valence-corrected chi connectivity index (χ3v) is 4.21. The quantitative estimate of drug-likeness (QED) is 0.491. The Morgan fingerprint density at radius 1 is 0.480 bits per heavy atom. The van der Waals surface area contributed by atoms with Crippen LogP contribution in [0.1, 0.15) is 0 Å². The molecule has 1 aromatic heterocycles. The summed E-state index contributed by atoms with van der Waals surface area (Å²) in [6.07, 6.45) is 0. The molecule has 25 heavy (non-hydrogen) atoms. The van der Waals surface area contributed by atoms with Crippen LogP contribution in [0.4, 0.5) is 0 Å². The molecule has 0 fully saturated rings. The van der Waals surface area contributed by atoms with Crippen LogP contribution in [0, 0.1) is 0 Å². The normalized spacial score (nSPS) is 10.6. The van der Waals surface area contributed by atoms with Crippen LogP contribution in [0.3, 0.4) is 0 Å². The largest absolute Gasteiger partial charge is 0.248 e. The standard InChI is InChI=1S/C23H16BN/c24-21-13-11-17(12-14-21)20-15-22(18-7-3-1-4-8-18)25-23(16-20)19-9-5-2-6-10-19/h1-16H. The van der Waals surface area contributed by atoms with Gasteiger partial charge in [-0.2, -0.15) is 0 Å². The van der Waals surface area contributed by atoms with Crippen LogP contribution in [0.2, 0.25) is 0 Å². The molecule has 0 atom stereocenters. The van der Waals surface area contributed by atoms with Gasteiger partial charge in [0.25, 0.3) is 0 Å². The molecule has 2 heteroatoms. The van der Waals surface area contributed by atoms with Crippen LogP contribution in [-0.4, -0.2) is 12.8 Å². The Bertz CT molecular complexity index is 920. The first kappa shape index (κ1) is 15.4. The van der Waals surface area contributed by atoms with E-state index >= 15 is 0 Å². The molecule has 0 aliphatic heterocycles. The first-order chi connectivity index (χ1) is 12.3. The van der Waals surface area contributed by atoms with Crippen LogP contribution in [0.5, 0.6) is 0 Å². The SMILES string of the molecule is [B]c1ccc(-c2cc(-c3ccccc3)nc(-c3ccccc3)c2)cc1. The molecule has 0 amide bonds. The second-order valence-corrected chi connectivity index (χ2v) is 5.98. The van der Waals surface area contributed by atoms with Crippen LogP contribution in [0.25, 0.3) is 33.6 Å². The molecular weight excluding hydrogens is 301 g/mol. The van der Waals surface area contributed by atoms with Crippen molar-refractivity contribution in [3.05, 3.63) is 97.1 Å². The summed E-state index contributed by atoms with van der Waals surface area (Å²) in [7, 11) is 5.83. The van der Waals surface area contributed by atoms with E-state index in [9.17, 15) is 0 Å². The molecule has 0 N–H and O–H groups in total. The Morgan fingerprint density at radius 3 is 1.44 bits per heavy atom. The van der Waals surface area contributed by atoms with Crippen molar-refractivity contribution in [3.63, 3.8) is 0 Å². The molecule has 4 rings (SSSR count). The molecular formula is C23H16BN. The molecule has 2 radical (unpaired) electrons.